The van der Waals surface area contributed by atoms with Gasteiger partial charge in [-0.25, -0.2) is 34.8 Å². The third-order valence-electron chi connectivity index (χ3n) is 7.17. The van der Waals surface area contributed by atoms with Gasteiger partial charge < -0.3 is 20.1 Å². The summed E-state index contributed by atoms with van der Waals surface area (Å²) in [5.74, 6) is -3.82. The number of hydrogen-bond donors (Lipinski definition) is 5. The van der Waals surface area contributed by atoms with Crippen molar-refractivity contribution in [3.63, 3.8) is 0 Å². The van der Waals surface area contributed by atoms with Crippen molar-refractivity contribution in [2.24, 2.45) is 10.2 Å². The van der Waals surface area contributed by atoms with Crippen LogP contribution in [-0.2, 0) is 34.8 Å². The van der Waals surface area contributed by atoms with E-state index in [0.717, 1.165) is 40.9 Å². The Morgan fingerprint density at radius 3 is 2.16 bits per heavy atom. The molecule has 5 N–H and O–H groups in total. The first-order chi connectivity index (χ1) is 23.4. The molecule has 0 atom stereocenters. The van der Waals surface area contributed by atoms with E-state index in [2.05, 4.69) is 19.7 Å². The maximum absolute atomic E-state index is 13.6. The Balaban J connectivity index is 1.60. The van der Waals surface area contributed by atoms with Gasteiger partial charge in [-0.1, -0.05) is 23.7 Å². The monoisotopic (exact) mass is 767 g/mol. The third kappa shape index (κ3) is 7.64. The second-order valence-corrected chi connectivity index (χ2v) is 16.4. The third-order valence-corrected chi connectivity index (χ3v) is 11.5. The summed E-state index contributed by atoms with van der Waals surface area (Å²) in [5, 5.41) is 37.6. The number of nitrogens with one attached hydrogen (secondary N) is 2. The van der Waals surface area contributed by atoms with Crippen molar-refractivity contribution in [3.05, 3.63) is 76.8 Å². The van der Waals surface area contributed by atoms with Crippen molar-refractivity contribution in [2.75, 3.05) is 42.0 Å². The van der Waals surface area contributed by atoms with Gasteiger partial charge in [0.1, 0.15) is 15.5 Å². The highest BCUT2D eigenvalue weighted by molar-refractivity contribution is 7.93. The summed E-state index contributed by atoms with van der Waals surface area (Å²) in [4.78, 5) is 21.9. The Bertz CT molecular complexity index is 2420. The maximum Gasteiger partial charge on any atom is 0.336 e. The van der Waals surface area contributed by atoms with E-state index in [4.69, 9.17) is 16.3 Å². The number of anilines is 2. The zero-order valence-electron chi connectivity index (χ0n) is 25.6. The number of rotatable bonds is 11. The van der Waals surface area contributed by atoms with Gasteiger partial charge in [-0.15, -0.1) is 5.11 Å². The molecule has 1 fully saturated rings. The molecule has 1 aliphatic rings. The van der Waals surface area contributed by atoms with Gasteiger partial charge in [0.2, 0.25) is 20.0 Å². The number of morpholine rings is 1. The number of carbonyl (C=O) groups is 2. The summed E-state index contributed by atoms with van der Waals surface area (Å²) in [6, 6.07) is 11.3. The summed E-state index contributed by atoms with van der Waals surface area (Å²) >= 11 is 6.20. The number of sulfonamides is 3. The molecule has 17 nitrogen and oxygen atoms in total. The summed E-state index contributed by atoms with van der Waals surface area (Å²) in [6.07, 6.45) is 0.886. The van der Waals surface area contributed by atoms with Gasteiger partial charge in [0.25, 0.3) is 10.0 Å². The Labute approximate surface area is 289 Å². The molecule has 264 valence electrons. The van der Waals surface area contributed by atoms with Gasteiger partial charge >= 0.3 is 11.9 Å². The number of carboxylic acid groups (broad SMARTS) is 2. The van der Waals surface area contributed by atoms with Gasteiger partial charge in [0.05, 0.1) is 52.7 Å². The second kappa shape index (κ2) is 13.8. The van der Waals surface area contributed by atoms with Crippen LogP contribution in [0.3, 0.4) is 0 Å². The SMILES string of the molecule is CS(=O)(=O)Nc1cccc2c(O)c(S(=O)(=O)N3CCOCC3)cc(N=Nc3ccc(Cl)c(S(=O)(=O)Nc4ccc(C(=O)O)c(C(=O)O)c4)c3)c12. The Morgan fingerprint density at radius 2 is 1.52 bits per heavy atom. The van der Waals surface area contributed by atoms with Crippen molar-refractivity contribution in [3.8, 4) is 5.75 Å². The van der Waals surface area contributed by atoms with Crippen LogP contribution in [0.4, 0.5) is 22.7 Å². The van der Waals surface area contributed by atoms with Gasteiger partial charge in [-0.2, -0.15) is 9.42 Å². The van der Waals surface area contributed by atoms with Crippen molar-refractivity contribution in [2.45, 2.75) is 9.79 Å². The highest BCUT2D eigenvalue weighted by atomic mass is 35.5. The van der Waals surface area contributed by atoms with E-state index in [1.165, 1.54) is 30.3 Å². The molecule has 1 heterocycles. The van der Waals surface area contributed by atoms with Crippen LogP contribution in [0.25, 0.3) is 10.8 Å². The lowest BCUT2D eigenvalue weighted by Gasteiger charge is -2.26. The zero-order chi connectivity index (χ0) is 36.6. The number of aromatic hydroxyl groups is 1. The first kappa shape index (κ1) is 36.4. The fourth-order valence-corrected chi connectivity index (χ4v) is 8.62. The molecule has 1 saturated heterocycles. The van der Waals surface area contributed by atoms with E-state index in [0.29, 0.717) is 0 Å². The molecule has 21 heteroatoms. The molecular weight excluding hydrogens is 742 g/mol. The summed E-state index contributed by atoms with van der Waals surface area (Å²) < 4.78 is 89.1. The molecule has 0 aromatic heterocycles. The number of carboxylic acids is 2. The molecule has 0 amide bonds. The average Bonchev–Trinajstić information content (AvgIpc) is 3.04. The minimum absolute atomic E-state index is 0.00369. The number of ether oxygens (including phenoxy) is 1. The fraction of sp³-hybridized carbons (Fsp3) is 0.172. The van der Waals surface area contributed by atoms with E-state index in [1.807, 2.05) is 0 Å². The lowest BCUT2D eigenvalue weighted by molar-refractivity contribution is 0.0651. The van der Waals surface area contributed by atoms with Gasteiger partial charge in [-0.3, -0.25) is 9.44 Å². The van der Waals surface area contributed by atoms with E-state index in [9.17, 15) is 50.2 Å². The van der Waals surface area contributed by atoms with Crippen molar-refractivity contribution < 1.29 is 54.9 Å². The summed E-state index contributed by atoms with van der Waals surface area (Å²) in [7, 11) is -12.8. The predicted octanol–water partition coefficient (Wildman–Crippen LogP) is 4.20. The van der Waals surface area contributed by atoms with Gasteiger partial charge in [-0.05, 0) is 48.5 Å². The van der Waals surface area contributed by atoms with Crippen LogP contribution in [0.2, 0.25) is 5.02 Å². The van der Waals surface area contributed by atoms with Crippen LogP contribution < -0.4 is 9.44 Å². The van der Waals surface area contributed by atoms with E-state index in [-0.39, 0.29) is 64.8 Å². The molecule has 4 aromatic rings. The first-order valence-electron chi connectivity index (χ1n) is 14.1. The Hall–Kier alpha value is -4.86. The average molecular weight is 768 g/mol. The molecule has 0 bridgehead atoms. The number of halogens is 1. The number of aromatic carboxylic acids is 2. The van der Waals surface area contributed by atoms with Crippen LogP contribution in [0.15, 0.2) is 80.7 Å². The highest BCUT2D eigenvalue weighted by Gasteiger charge is 2.31. The molecule has 0 aliphatic carbocycles. The van der Waals surface area contributed by atoms with Crippen molar-refractivity contribution >= 4 is 87.1 Å². The molecule has 0 saturated carbocycles. The zero-order valence-corrected chi connectivity index (χ0v) is 28.8. The van der Waals surface area contributed by atoms with Crippen molar-refractivity contribution in [1.29, 1.82) is 0 Å². The van der Waals surface area contributed by atoms with Crippen molar-refractivity contribution in [1.82, 2.24) is 4.31 Å². The van der Waals surface area contributed by atoms with Gasteiger partial charge in [0.15, 0.2) is 0 Å². The van der Waals surface area contributed by atoms with E-state index >= 15 is 0 Å². The van der Waals surface area contributed by atoms with Gasteiger partial charge in [0, 0.05) is 29.5 Å². The first-order valence-corrected chi connectivity index (χ1v) is 19.3. The normalized spacial score (nSPS) is 14.5. The lowest BCUT2D eigenvalue weighted by atomic mass is 10.1. The Morgan fingerprint density at radius 1 is 0.840 bits per heavy atom. The number of phenolic OH excluding ortho intramolecular Hbond substituents is 1. The lowest BCUT2D eigenvalue weighted by Crippen LogP contribution is -2.40. The predicted molar refractivity (Wildman–Crippen MR) is 180 cm³/mol. The number of nitrogens with zero attached hydrogens (tertiary/aromatic N) is 3. The minimum atomic E-state index is -4.56. The molecule has 4 aromatic carbocycles. The van der Waals surface area contributed by atoms with Crippen LogP contribution in [0, 0.1) is 0 Å². The van der Waals surface area contributed by atoms with Crippen LogP contribution >= 0.6 is 11.6 Å². The summed E-state index contributed by atoms with van der Waals surface area (Å²) in [6.45, 7) is 0.245. The molecule has 50 heavy (non-hydrogen) atoms. The van der Waals surface area contributed by atoms with E-state index < -0.39 is 68.7 Å². The summed E-state index contributed by atoms with van der Waals surface area (Å²) in [5.41, 5.74) is -1.94. The number of benzene rings is 4. The second-order valence-electron chi connectivity index (χ2n) is 10.7. The van der Waals surface area contributed by atoms with Crippen LogP contribution in [0.1, 0.15) is 20.7 Å². The molecular formula is C29H26ClN5O12S3. The number of fused-ring (bicyclic) bond motifs is 1. The largest absolute Gasteiger partial charge is 0.506 e. The number of phenols is 1. The van der Waals surface area contributed by atoms with Crippen LogP contribution in [-0.4, -0.2) is 89.4 Å². The molecule has 0 spiro atoms. The molecule has 1 aliphatic heterocycles. The minimum Gasteiger partial charge on any atom is -0.506 e. The molecule has 0 radical (unpaired) electrons. The highest BCUT2D eigenvalue weighted by Crippen LogP contribution is 2.44. The smallest absolute Gasteiger partial charge is 0.336 e. The fourth-order valence-electron chi connectivity index (χ4n) is 4.96. The molecule has 0 unspecified atom stereocenters. The maximum atomic E-state index is 13.6. The number of azo groups is 1. The topological polar surface area (TPSA) is 258 Å². The van der Waals surface area contributed by atoms with Crippen LogP contribution in [0.5, 0.6) is 5.75 Å². The quantitative estimate of drug-likeness (QED) is 0.135. The van der Waals surface area contributed by atoms with E-state index in [1.54, 1.807) is 0 Å². The number of hydrogen-bond acceptors (Lipinski definition) is 12. The Kier molecular flexibility index (Phi) is 10.1. The molecule has 5 rings (SSSR count). The standard InChI is InChI=1S/C29H26ClN5O12S3/c1-48(41,42)34-22-4-2-3-19-26(22)23(15-25(27(19)36)50(45,46)35-9-11-47-12-10-35)32-31-16-6-8-21(30)24(14-16)49(43,44)33-17-5-7-18(28(37)38)20(13-17)29(39)40/h2-8,13-15,33-34,36H,9-12H2,1H3,(H,37,38)(H,39,40).